The fourth-order valence-corrected chi connectivity index (χ4v) is 4.03. The van der Waals surface area contributed by atoms with Crippen LogP contribution < -0.4 is 10.1 Å². The second kappa shape index (κ2) is 9.30. The van der Waals surface area contributed by atoms with Crippen LogP contribution in [-0.4, -0.2) is 48.6 Å². The summed E-state index contributed by atoms with van der Waals surface area (Å²) in [7, 11) is 1.66. The van der Waals surface area contributed by atoms with E-state index in [2.05, 4.69) is 15.2 Å². The fourth-order valence-electron chi connectivity index (χ4n) is 4.03. The van der Waals surface area contributed by atoms with Gasteiger partial charge in [-0.2, -0.15) is 0 Å². The number of amides is 1. The summed E-state index contributed by atoms with van der Waals surface area (Å²) < 4.78 is 11.1. The summed E-state index contributed by atoms with van der Waals surface area (Å²) >= 11 is 0. The molecule has 6 nitrogen and oxygen atoms in total. The number of rotatable bonds is 7. The van der Waals surface area contributed by atoms with Gasteiger partial charge in [0.25, 0.3) is 0 Å². The minimum Gasteiger partial charge on any atom is -0.497 e. The number of methoxy groups -OCH3 is 1. The van der Waals surface area contributed by atoms with Gasteiger partial charge in [-0.25, -0.2) is 4.98 Å². The van der Waals surface area contributed by atoms with Crippen LogP contribution in [0.3, 0.4) is 0 Å². The van der Waals surface area contributed by atoms with E-state index in [1.165, 1.54) is 5.56 Å². The maximum Gasteiger partial charge on any atom is 0.237 e. The average Bonchev–Trinajstić information content (AvgIpc) is 3.23. The zero-order chi connectivity index (χ0) is 20.9. The Morgan fingerprint density at radius 2 is 1.93 bits per heavy atom. The fraction of sp³-hybridized carbons (Fsp3) is 0.417. The summed E-state index contributed by atoms with van der Waals surface area (Å²) in [6, 6.07) is 15.7. The first kappa shape index (κ1) is 20.4. The Labute approximate surface area is 177 Å². The molecule has 0 spiro atoms. The minimum absolute atomic E-state index is 0.0869. The van der Waals surface area contributed by atoms with E-state index in [0.29, 0.717) is 12.5 Å². The lowest BCUT2D eigenvalue weighted by molar-refractivity contribution is -0.126. The molecule has 1 aromatic heterocycles. The third-order valence-electron chi connectivity index (χ3n) is 5.99. The van der Waals surface area contributed by atoms with Crippen molar-refractivity contribution in [3.8, 4) is 5.75 Å². The predicted molar refractivity (Wildman–Crippen MR) is 117 cm³/mol. The normalized spacial score (nSPS) is 16.5. The second-order valence-electron chi connectivity index (χ2n) is 7.90. The average molecular weight is 408 g/mol. The number of aromatic nitrogens is 1. The van der Waals surface area contributed by atoms with E-state index in [1.807, 2.05) is 55.5 Å². The molecule has 1 saturated heterocycles. The molecule has 0 bridgehead atoms. The van der Waals surface area contributed by atoms with Crippen molar-refractivity contribution in [2.24, 2.45) is 0 Å². The molecule has 1 unspecified atom stereocenters. The molecular weight excluding hydrogens is 378 g/mol. The Kier molecular flexibility index (Phi) is 6.33. The molecule has 2 heterocycles. The monoisotopic (exact) mass is 407 g/mol. The van der Waals surface area contributed by atoms with Gasteiger partial charge in [-0.05, 0) is 69.1 Å². The van der Waals surface area contributed by atoms with Crippen LogP contribution >= 0.6 is 0 Å². The first-order valence-corrected chi connectivity index (χ1v) is 10.6. The molecule has 1 atom stereocenters. The van der Waals surface area contributed by atoms with Gasteiger partial charge < -0.3 is 14.5 Å². The van der Waals surface area contributed by atoms with E-state index in [9.17, 15) is 4.79 Å². The van der Waals surface area contributed by atoms with Crippen molar-refractivity contribution in [1.82, 2.24) is 15.2 Å². The second-order valence-corrected chi connectivity index (χ2v) is 7.90. The topological polar surface area (TPSA) is 67.6 Å². The highest BCUT2D eigenvalue weighted by molar-refractivity contribution is 5.81. The van der Waals surface area contributed by atoms with Gasteiger partial charge in [-0.1, -0.05) is 24.3 Å². The lowest BCUT2D eigenvalue weighted by Crippen LogP contribution is -2.48. The highest BCUT2D eigenvalue weighted by atomic mass is 16.5. The molecule has 3 aromatic rings. The number of nitrogens with zero attached hydrogens (tertiary/aromatic N) is 2. The van der Waals surface area contributed by atoms with Gasteiger partial charge in [0.2, 0.25) is 5.91 Å². The lowest BCUT2D eigenvalue weighted by Gasteiger charge is -2.34. The number of benzene rings is 2. The van der Waals surface area contributed by atoms with Gasteiger partial charge in [0, 0.05) is 12.5 Å². The van der Waals surface area contributed by atoms with Crippen LogP contribution in [0.25, 0.3) is 11.1 Å². The number of oxazole rings is 1. The van der Waals surface area contributed by atoms with Gasteiger partial charge in [0.15, 0.2) is 11.5 Å². The van der Waals surface area contributed by atoms with Crippen molar-refractivity contribution in [3.05, 3.63) is 60.0 Å². The number of piperidine rings is 1. The van der Waals surface area contributed by atoms with Crippen molar-refractivity contribution < 1.29 is 13.9 Å². The van der Waals surface area contributed by atoms with Crippen LogP contribution in [-0.2, 0) is 11.2 Å². The van der Waals surface area contributed by atoms with Crippen LogP contribution in [0.5, 0.6) is 5.75 Å². The zero-order valence-electron chi connectivity index (χ0n) is 17.6. The van der Waals surface area contributed by atoms with Gasteiger partial charge in [0.1, 0.15) is 11.3 Å². The molecule has 1 fully saturated rings. The SMILES string of the molecule is COc1ccc(CCNC(=O)C(C)N2CCC(c3nc4ccccc4o3)CC2)cc1. The molecular formula is C24H29N3O3. The molecule has 0 radical (unpaired) electrons. The summed E-state index contributed by atoms with van der Waals surface area (Å²) in [5, 5.41) is 3.07. The number of hydrogen-bond acceptors (Lipinski definition) is 5. The van der Waals surface area contributed by atoms with E-state index < -0.39 is 0 Å². The standard InChI is InChI=1S/C24H29N3O3/c1-17(23(28)25-14-11-18-7-9-20(29-2)10-8-18)27-15-12-19(13-16-27)24-26-21-5-3-4-6-22(21)30-24/h3-10,17,19H,11-16H2,1-2H3,(H,25,28). The minimum atomic E-state index is -0.134. The lowest BCUT2D eigenvalue weighted by atomic mass is 9.95. The smallest absolute Gasteiger partial charge is 0.237 e. The molecule has 0 aliphatic carbocycles. The quantitative estimate of drug-likeness (QED) is 0.646. The molecule has 0 saturated carbocycles. The number of para-hydroxylation sites is 2. The van der Waals surface area contributed by atoms with Crippen LogP contribution in [0.2, 0.25) is 0 Å². The number of hydrogen-bond donors (Lipinski definition) is 1. The Morgan fingerprint density at radius 1 is 1.20 bits per heavy atom. The molecule has 6 heteroatoms. The number of likely N-dealkylation sites (tertiary alicyclic amines) is 1. The van der Waals surface area contributed by atoms with Crippen LogP contribution in [0.1, 0.15) is 37.1 Å². The number of fused-ring (bicyclic) bond motifs is 1. The highest BCUT2D eigenvalue weighted by Crippen LogP contribution is 2.30. The maximum absolute atomic E-state index is 12.6. The molecule has 1 aliphatic rings. The third kappa shape index (κ3) is 4.65. The van der Waals surface area contributed by atoms with E-state index in [0.717, 1.165) is 55.1 Å². The summed E-state index contributed by atoms with van der Waals surface area (Å²) in [5.41, 5.74) is 2.95. The molecule has 1 N–H and O–H groups in total. The van der Waals surface area contributed by atoms with E-state index in [1.54, 1.807) is 7.11 Å². The van der Waals surface area contributed by atoms with Crippen LogP contribution in [0.15, 0.2) is 52.9 Å². The van der Waals surface area contributed by atoms with Gasteiger partial charge in [-0.15, -0.1) is 0 Å². The summed E-state index contributed by atoms with van der Waals surface area (Å²) in [4.78, 5) is 19.5. The molecule has 1 aliphatic heterocycles. The largest absolute Gasteiger partial charge is 0.497 e. The highest BCUT2D eigenvalue weighted by Gasteiger charge is 2.29. The van der Waals surface area contributed by atoms with E-state index >= 15 is 0 Å². The van der Waals surface area contributed by atoms with Crippen molar-refractivity contribution in [1.29, 1.82) is 0 Å². The van der Waals surface area contributed by atoms with E-state index in [4.69, 9.17) is 9.15 Å². The first-order chi connectivity index (χ1) is 14.6. The van der Waals surface area contributed by atoms with Crippen molar-refractivity contribution in [3.63, 3.8) is 0 Å². The third-order valence-corrected chi connectivity index (χ3v) is 5.99. The Morgan fingerprint density at radius 3 is 2.63 bits per heavy atom. The molecule has 4 rings (SSSR count). The first-order valence-electron chi connectivity index (χ1n) is 10.6. The zero-order valence-corrected chi connectivity index (χ0v) is 17.6. The van der Waals surface area contributed by atoms with Gasteiger partial charge in [0.05, 0.1) is 13.2 Å². The van der Waals surface area contributed by atoms with Gasteiger partial charge >= 0.3 is 0 Å². The Balaban J connectivity index is 1.23. The Hall–Kier alpha value is -2.86. The number of ether oxygens (including phenoxy) is 1. The summed E-state index contributed by atoms with van der Waals surface area (Å²) in [6.07, 6.45) is 2.72. The Bertz CT molecular complexity index is 942. The maximum atomic E-state index is 12.6. The summed E-state index contributed by atoms with van der Waals surface area (Å²) in [6.45, 7) is 4.37. The van der Waals surface area contributed by atoms with Gasteiger partial charge in [-0.3, -0.25) is 9.69 Å². The van der Waals surface area contributed by atoms with Crippen molar-refractivity contribution in [2.75, 3.05) is 26.7 Å². The number of carbonyl (C=O) groups is 1. The summed E-state index contributed by atoms with van der Waals surface area (Å²) in [5.74, 6) is 2.08. The number of nitrogens with one attached hydrogen (secondary N) is 1. The molecule has 158 valence electrons. The van der Waals surface area contributed by atoms with E-state index in [-0.39, 0.29) is 11.9 Å². The van der Waals surface area contributed by atoms with Crippen molar-refractivity contribution >= 4 is 17.0 Å². The predicted octanol–water partition coefficient (Wildman–Crippen LogP) is 3.76. The number of carbonyl (C=O) groups excluding carboxylic acids is 1. The molecule has 2 aromatic carbocycles. The van der Waals surface area contributed by atoms with Crippen molar-refractivity contribution in [2.45, 2.75) is 38.1 Å². The molecule has 1 amide bonds. The molecule has 30 heavy (non-hydrogen) atoms. The van der Waals surface area contributed by atoms with Crippen LogP contribution in [0, 0.1) is 0 Å². The van der Waals surface area contributed by atoms with Crippen LogP contribution in [0.4, 0.5) is 0 Å².